The summed E-state index contributed by atoms with van der Waals surface area (Å²) in [6.07, 6.45) is 5.54. The van der Waals surface area contributed by atoms with Crippen molar-refractivity contribution in [3.63, 3.8) is 0 Å². The van der Waals surface area contributed by atoms with Crippen LogP contribution in [0.1, 0.15) is 56.3 Å². The molecular weight excluding hydrogens is 428 g/mol. The Morgan fingerprint density at radius 3 is 2.41 bits per heavy atom. The minimum atomic E-state index is -0.982. The zero-order valence-corrected chi connectivity index (χ0v) is 20.3. The van der Waals surface area contributed by atoms with Crippen LogP contribution in [0, 0.1) is 0 Å². The number of aliphatic hydroxyl groups is 2. The summed E-state index contributed by atoms with van der Waals surface area (Å²) in [5.41, 5.74) is 2.04. The van der Waals surface area contributed by atoms with Crippen molar-refractivity contribution in [2.75, 3.05) is 13.6 Å². The van der Waals surface area contributed by atoms with Gasteiger partial charge in [0.15, 0.2) is 0 Å². The molecule has 0 saturated carbocycles. The van der Waals surface area contributed by atoms with E-state index in [-0.39, 0.29) is 12.1 Å². The molecule has 2 heterocycles. The molecule has 6 heteroatoms. The topological polar surface area (TPSA) is 73.2 Å². The van der Waals surface area contributed by atoms with Crippen molar-refractivity contribution in [3.8, 4) is 0 Å². The van der Waals surface area contributed by atoms with Crippen molar-refractivity contribution in [1.82, 2.24) is 9.80 Å². The van der Waals surface area contributed by atoms with E-state index in [9.17, 15) is 15.0 Å². The molecule has 2 N–H and O–H groups in total. The average Bonchev–Trinajstić information content (AvgIpc) is 2.80. The smallest absolute Gasteiger partial charge is 0.411 e. The highest BCUT2D eigenvalue weighted by Gasteiger charge is 2.46. The molecule has 2 aromatic carbocycles. The molecule has 2 aliphatic heterocycles. The molecule has 0 spiro atoms. The summed E-state index contributed by atoms with van der Waals surface area (Å²) in [4.78, 5) is 16.7. The van der Waals surface area contributed by atoms with Gasteiger partial charge in [0.2, 0.25) is 0 Å². The summed E-state index contributed by atoms with van der Waals surface area (Å²) >= 11 is 0. The molecule has 180 valence electrons. The van der Waals surface area contributed by atoms with Crippen molar-refractivity contribution in [2.45, 2.75) is 57.1 Å². The maximum Gasteiger partial charge on any atom is 0.411 e. The Morgan fingerprint density at radius 1 is 1.15 bits per heavy atom. The lowest BCUT2D eigenvalue weighted by molar-refractivity contribution is -0.101. The van der Waals surface area contributed by atoms with E-state index in [1.165, 1.54) is 0 Å². The Morgan fingerprint density at radius 2 is 1.82 bits per heavy atom. The number of rotatable bonds is 6. The van der Waals surface area contributed by atoms with Gasteiger partial charge in [0.25, 0.3) is 0 Å². The largest absolute Gasteiger partial charge is 0.438 e. The summed E-state index contributed by atoms with van der Waals surface area (Å²) in [5.74, 6) is 0. The van der Waals surface area contributed by atoms with E-state index in [0.717, 1.165) is 22.3 Å². The molecular formula is C28H34N2O4. The molecule has 1 saturated heterocycles. The van der Waals surface area contributed by atoms with Crippen molar-refractivity contribution in [3.05, 3.63) is 89.6 Å². The van der Waals surface area contributed by atoms with E-state index in [4.69, 9.17) is 4.74 Å². The molecule has 34 heavy (non-hydrogen) atoms. The van der Waals surface area contributed by atoms with Gasteiger partial charge in [-0.25, -0.2) is 4.79 Å². The fourth-order valence-corrected chi connectivity index (χ4v) is 4.84. The number of nitrogens with zero attached hydrogens (tertiary/aromatic N) is 2. The van der Waals surface area contributed by atoms with E-state index in [2.05, 4.69) is 0 Å². The van der Waals surface area contributed by atoms with Gasteiger partial charge in [-0.1, -0.05) is 54.6 Å². The molecule has 1 unspecified atom stereocenters. The van der Waals surface area contributed by atoms with Crippen molar-refractivity contribution in [2.24, 2.45) is 0 Å². The number of cyclic esters (lactones) is 1. The Balaban J connectivity index is 1.51. The highest BCUT2D eigenvalue weighted by atomic mass is 16.6. The molecule has 2 aromatic rings. The van der Waals surface area contributed by atoms with E-state index < -0.39 is 17.4 Å². The number of benzene rings is 2. The fourth-order valence-electron chi connectivity index (χ4n) is 4.84. The van der Waals surface area contributed by atoms with Crippen LogP contribution in [0.15, 0.2) is 72.9 Å². The zero-order valence-electron chi connectivity index (χ0n) is 20.3. The van der Waals surface area contributed by atoms with Gasteiger partial charge in [-0.05, 0) is 55.2 Å². The normalized spacial score (nSPS) is 24.0. The van der Waals surface area contributed by atoms with Gasteiger partial charge in [0.05, 0.1) is 11.6 Å². The second kappa shape index (κ2) is 9.28. The Kier molecular flexibility index (Phi) is 6.56. The lowest BCUT2D eigenvalue weighted by Crippen LogP contribution is -2.51. The number of amides is 1. The third-order valence-electron chi connectivity index (χ3n) is 6.72. The summed E-state index contributed by atoms with van der Waals surface area (Å²) in [6, 6.07) is 17.6. The van der Waals surface area contributed by atoms with E-state index in [1.54, 1.807) is 23.6 Å². The predicted octanol–water partition coefficient (Wildman–Crippen LogP) is 4.81. The van der Waals surface area contributed by atoms with Gasteiger partial charge in [-0.2, -0.15) is 0 Å². The van der Waals surface area contributed by atoms with Crippen LogP contribution in [0.25, 0.3) is 5.57 Å². The van der Waals surface area contributed by atoms with E-state index >= 15 is 0 Å². The van der Waals surface area contributed by atoms with Gasteiger partial charge >= 0.3 is 6.09 Å². The van der Waals surface area contributed by atoms with Gasteiger partial charge in [0, 0.05) is 32.6 Å². The number of carbonyl (C=O) groups is 1. The van der Waals surface area contributed by atoms with Crippen LogP contribution >= 0.6 is 0 Å². The first-order chi connectivity index (χ1) is 16.1. The first-order valence-corrected chi connectivity index (χ1v) is 11.8. The first kappa shape index (κ1) is 24.0. The summed E-state index contributed by atoms with van der Waals surface area (Å²) in [5, 5.41) is 20.6. The van der Waals surface area contributed by atoms with Gasteiger partial charge in [-0.15, -0.1) is 0 Å². The average molecular weight is 463 g/mol. The van der Waals surface area contributed by atoms with Gasteiger partial charge < -0.3 is 24.7 Å². The van der Waals surface area contributed by atoms with Gasteiger partial charge in [0.1, 0.15) is 11.8 Å². The Hall–Kier alpha value is -3.09. The lowest BCUT2D eigenvalue weighted by atomic mass is 9.80. The van der Waals surface area contributed by atoms with Crippen LogP contribution in [0.3, 0.4) is 0 Å². The third-order valence-corrected chi connectivity index (χ3v) is 6.72. The van der Waals surface area contributed by atoms with E-state index in [1.807, 2.05) is 86.9 Å². The van der Waals surface area contributed by atoms with Crippen LogP contribution < -0.4 is 0 Å². The van der Waals surface area contributed by atoms with E-state index in [0.29, 0.717) is 19.4 Å². The quantitative estimate of drug-likeness (QED) is 0.645. The van der Waals surface area contributed by atoms with Crippen LogP contribution in [0.5, 0.6) is 0 Å². The predicted molar refractivity (Wildman–Crippen MR) is 133 cm³/mol. The number of carbonyl (C=O) groups excluding carboxylic acids is 1. The highest BCUT2D eigenvalue weighted by Crippen LogP contribution is 2.42. The molecule has 3 atom stereocenters. The number of hydrogen-bond acceptors (Lipinski definition) is 5. The molecule has 2 aliphatic rings. The second-order valence-corrected chi connectivity index (χ2v) is 9.98. The molecule has 6 nitrogen and oxygen atoms in total. The summed E-state index contributed by atoms with van der Waals surface area (Å²) < 4.78 is 6.11. The van der Waals surface area contributed by atoms with Crippen LogP contribution in [0.4, 0.5) is 4.79 Å². The minimum absolute atomic E-state index is 0.162. The molecule has 1 amide bonds. The molecule has 0 aromatic heterocycles. The molecule has 1 fully saturated rings. The zero-order chi connectivity index (χ0) is 24.5. The number of hydrogen-bond donors (Lipinski definition) is 2. The number of allylic oxidation sites excluding steroid dienone is 2. The second-order valence-electron chi connectivity index (χ2n) is 9.98. The van der Waals surface area contributed by atoms with Crippen LogP contribution in [0.2, 0.25) is 0 Å². The Bertz CT molecular complexity index is 1070. The standard InChI is InChI=1S/C28H34N2O4/c1-20(21-10-12-22(13-11-21)23-14-16-29(4)25(31)18-23)30-17-15-28(34-26(30)32,19-27(2,3)33)24-8-6-5-7-9-24/h5-14,16,18,20,25,31,33H,15,17,19H2,1-4H3/t20-,25?,28-/m0/s1. The SMILES string of the molecule is C[C@@H](c1ccc(C2=CC(O)N(C)C=C2)cc1)N1CC[C@](CC(C)(C)O)(c2ccccc2)OC1=O. The summed E-state index contributed by atoms with van der Waals surface area (Å²) in [6.45, 7) is 6.02. The summed E-state index contributed by atoms with van der Waals surface area (Å²) in [7, 11) is 1.82. The van der Waals surface area contributed by atoms with Crippen LogP contribution in [-0.4, -0.2) is 51.5 Å². The molecule has 0 bridgehead atoms. The minimum Gasteiger partial charge on any atom is -0.438 e. The number of likely N-dealkylation sites (N-methyl/N-ethyl adjacent to an activating group) is 1. The maximum absolute atomic E-state index is 13.2. The monoisotopic (exact) mass is 462 g/mol. The highest BCUT2D eigenvalue weighted by molar-refractivity contribution is 5.75. The molecule has 4 rings (SSSR count). The molecule has 0 radical (unpaired) electrons. The number of ether oxygens (including phenoxy) is 1. The van der Waals surface area contributed by atoms with Crippen LogP contribution in [-0.2, 0) is 10.3 Å². The first-order valence-electron chi connectivity index (χ1n) is 11.8. The lowest BCUT2D eigenvalue weighted by Gasteiger charge is -2.45. The number of aliphatic hydroxyl groups excluding tert-OH is 1. The van der Waals surface area contributed by atoms with Crippen molar-refractivity contribution in [1.29, 1.82) is 0 Å². The maximum atomic E-state index is 13.2. The van der Waals surface area contributed by atoms with Crippen molar-refractivity contribution < 1.29 is 19.7 Å². The molecule has 0 aliphatic carbocycles. The Labute approximate surface area is 201 Å². The fraction of sp³-hybridized carbons (Fsp3) is 0.393. The van der Waals surface area contributed by atoms with Crippen molar-refractivity contribution >= 4 is 11.7 Å². The van der Waals surface area contributed by atoms with Gasteiger partial charge in [-0.3, -0.25) is 0 Å². The third kappa shape index (κ3) is 5.03.